The molecule has 0 aliphatic carbocycles. The molecule has 0 unspecified atom stereocenters. The van der Waals surface area contributed by atoms with Crippen molar-refractivity contribution < 1.29 is 19.8 Å². The zero-order valence-electron chi connectivity index (χ0n) is 9.38. The molecule has 0 saturated heterocycles. The number of rotatable bonds is 5. The Morgan fingerprint density at radius 2 is 2.28 bits per heavy atom. The summed E-state index contributed by atoms with van der Waals surface area (Å²) in [5.74, 6) is -0.991. The number of fused-ring (bicyclic) bond motifs is 1. The van der Waals surface area contributed by atoms with Crippen LogP contribution in [0.5, 0.6) is 5.75 Å². The van der Waals surface area contributed by atoms with Crippen LogP contribution >= 0.6 is 0 Å². The Labute approximate surface area is 102 Å². The first-order chi connectivity index (χ1) is 8.61. The Hall–Kier alpha value is -2.50. The molecule has 0 saturated carbocycles. The Balaban J connectivity index is 2.33. The molecule has 94 valence electrons. The Morgan fingerprint density at radius 1 is 1.50 bits per heavy atom. The van der Waals surface area contributed by atoms with Gasteiger partial charge in [0.15, 0.2) is 0 Å². The van der Waals surface area contributed by atoms with Crippen molar-refractivity contribution in [3.8, 4) is 5.75 Å². The van der Waals surface area contributed by atoms with Gasteiger partial charge in [0.25, 0.3) is 0 Å². The maximum absolute atomic E-state index is 10.9. The van der Waals surface area contributed by atoms with Gasteiger partial charge in [0.1, 0.15) is 11.8 Å². The quantitative estimate of drug-likeness (QED) is 0.582. The van der Waals surface area contributed by atoms with Crippen LogP contribution < -0.4 is 5.32 Å². The van der Waals surface area contributed by atoms with Crippen LogP contribution in [0.1, 0.15) is 5.56 Å². The number of H-pyrrole nitrogens is 1. The fourth-order valence-corrected chi connectivity index (χ4v) is 1.85. The van der Waals surface area contributed by atoms with E-state index in [-0.39, 0.29) is 12.2 Å². The van der Waals surface area contributed by atoms with Gasteiger partial charge < -0.3 is 20.5 Å². The molecule has 1 heterocycles. The minimum atomic E-state index is -1.10. The smallest absolute Gasteiger partial charge is 0.326 e. The molecule has 6 nitrogen and oxygen atoms in total. The Kier molecular flexibility index (Phi) is 3.18. The lowest BCUT2D eigenvalue weighted by molar-refractivity contribution is -0.140. The Bertz CT molecular complexity index is 591. The fraction of sp³-hybridized carbons (Fsp3) is 0.167. The molecule has 6 heteroatoms. The first kappa shape index (κ1) is 12.0. The number of nitrogens with one attached hydrogen (secondary N) is 2. The largest absolute Gasteiger partial charge is 0.508 e. The van der Waals surface area contributed by atoms with Gasteiger partial charge in [-0.1, -0.05) is 0 Å². The molecule has 0 bridgehead atoms. The third-order valence-electron chi connectivity index (χ3n) is 2.74. The average Bonchev–Trinajstić information content (AvgIpc) is 2.71. The van der Waals surface area contributed by atoms with E-state index in [1.807, 2.05) is 0 Å². The zero-order chi connectivity index (χ0) is 13.1. The molecular formula is C12H12N2O4. The van der Waals surface area contributed by atoms with Crippen molar-refractivity contribution in [2.45, 2.75) is 12.5 Å². The molecule has 2 aromatic rings. The number of amides is 1. The second-order valence-corrected chi connectivity index (χ2v) is 3.92. The van der Waals surface area contributed by atoms with Crippen molar-refractivity contribution >= 4 is 23.3 Å². The van der Waals surface area contributed by atoms with Gasteiger partial charge in [-0.3, -0.25) is 4.79 Å². The summed E-state index contributed by atoms with van der Waals surface area (Å²) < 4.78 is 0. The van der Waals surface area contributed by atoms with Crippen molar-refractivity contribution in [1.29, 1.82) is 0 Å². The average molecular weight is 248 g/mol. The van der Waals surface area contributed by atoms with Gasteiger partial charge in [0.05, 0.1) is 0 Å². The van der Waals surface area contributed by atoms with E-state index in [0.717, 1.165) is 16.5 Å². The number of aliphatic carboxylic acids is 1. The lowest BCUT2D eigenvalue weighted by Gasteiger charge is -2.10. The summed E-state index contributed by atoms with van der Waals surface area (Å²) in [5.41, 5.74) is 1.53. The van der Waals surface area contributed by atoms with Gasteiger partial charge in [-0.15, -0.1) is 0 Å². The van der Waals surface area contributed by atoms with Gasteiger partial charge in [-0.25, -0.2) is 4.79 Å². The van der Waals surface area contributed by atoms with Crippen LogP contribution in [-0.4, -0.2) is 33.6 Å². The molecule has 1 aromatic heterocycles. The number of hydrogen-bond donors (Lipinski definition) is 4. The molecule has 18 heavy (non-hydrogen) atoms. The predicted molar refractivity (Wildman–Crippen MR) is 64.3 cm³/mol. The van der Waals surface area contributed by atoms with Crippen LogP contribution in [0.2, 0.25) is 0 Å². The van der Waals surface area contributed by atoms with Gasteiger partial charge >= 0.3 is 5.97 Å². The zero-order valence-corrected chi connectivity index (χ0v) is 9.38. The number of hydrogen-bond acceptors (Lipinski definition) is 3. The number of carbonyl (C=O) groups excluding carboxylic acids is 1. The molecule has 0 radical (unpaired) electrons. The Morgan fingerprint density at radius 3 is 2.94 bits per heavy atom. The molecule has 1 amide bonds. The van der Waals surface area contributed by atoms with E-state index in [0.29, 0.717) is 6.41 Å². The van der Waals surface area contributed by atoms with Crippen molar-refractivity contribution in [2.24, 2.45) is 0 Å². The highest BCUT2D eigenvalue weighted by Crippen LogP contribution is 2.23. The fourth-order valence-electron chi connectivity index (χ4n) is 1.85. The molecule has 0 spiro atoms. The summed E-state index contributed by atoms with van der Waals surface area (Å²) in [4.78, 5) is 24.3. The molecule has 1 aromatic carbocycles. The molecule has 0 aliphatic rings. The van der Waals surface area contributed by atoms with Gasteiger partial charge in [-0.05, 0) is 23.8 Å². The van der Waals surface area contributed by atoms with Crippen LogP contribution in [-0.2, 0) is 16.0 Å². The van der Waals surface area contributed by atoms with Crippen LogP contribution in [0.3, 0.4) is 0 Å². The first-order valence-corrected chi connectivity index (χ1v) is 5.33. The van der Waals surface area contributed by atoms with Crippen molar-refractivity contribution in [2.75, 3.05) is 0 Å². The number of carbonyl (C=O) groups is 2. The number of carboxylic acid groups (broad SMARTS) is 1. The molecular weight excluding hydrogens is 236 g/mol. The summed E-state index contributed by atoms with van der Waals surface area (Å²) in [7, 11) is 0. The summed E-state index contributed by atoms with van der Waals surface area (Å²) >= 11 is 0. The second-order valence-electron chi connectivity index (χ2n) is 3.92. The standard InChI is InChI=1S/C12H12N2O4/c15-6-14-11(12(17)18)3-7-5-13-10-2-1-8(16)4-9(7)10/h1-2,4-6,11,13,16H,3H2,(H,14,15)(H,17,18)/t11-/m0/s1. The number of aromatic hydroxyl groups is 1. The summed E-state index contributed by atoms with van der Waals surface area (Å²) in [6.45, 7) is 0. The predicted octanol–water partition coefficient (Wildman–Crippen LogP) is 0.615. The van der Waals surface area contributed by atoms with E-state index in [1.165, 1.54) is 0 Å². The van der Waals surface area contributed by atoms with Crippen molar-refractivity contribution in [3.05, 3.63) is 30.0 Å². The van der Waals surface area contributed by atoms with Crippen molar-refractivity contribution in [1.82, 2.24) is 10.3 Å². The van der Waals surface area contributed by atoms with Crippen LogP contribution in [0, 0.1) is 0 Å². The summed E-state index contributed by atoms with van der Waals surface area (Å²) in [6.07, 6.45) is 2.19. The van der Waals surface area contributed by atoms with E-state index < -0.39 is 12.0 Å². The van der Waals surface area contributed by atoms with E-state index in [9.17, 15) is 14.7 Å². The van der Waals surface area contributed by atoms with Gasteiger partial charge in [0.2, 0.25) is 6.41 Å². The normalized spacial score (nSPS) is 12.2. The molecule has 1 atom stereocenters. The number of carboxylic acids is 1. The highest BCUT2D eigenvalue weighted by Gasteiger charge is 2.18. The minimum Gasteiger partial charge on any atom is -0.508 e. The summed E-state index contributed by atoms with van der Waals surface area (Å²) in [6, 6.07) is 3.82. The van der Waals surface area contributed by atoms with E-state index in [2.05, 4.69) is 10.3 Å². The molecule has 0 aliphatic heterocycles. The lowest BCUT2D eigenvalue weighted by atomic mass is 10.1. The number of aromatic nitrogens is 1. The van der Waals surface area contributed by atoms with Crippen LogP contribution in [0.4, 0.5) is 0 Å². The molecule has 0 fully saturated rings. The number of phenols is 1. The third-order valence-corrected chi connectivity index (χ3v) is 2.74. The molecule has 4 N–H and O–H groups in total. The third kappa shape index (κ3) is 2.27. The lowest BCUT2D eigenvalue weighted by Crippen LogP contribution is -2.37. The van der Waals surface area contributed by atoms with Crippen molar-refractivity contribution in [3.63, 3.8) is 0 Å². The highest BCUT2D eigenvalue weighted by atomic mass is 16.4. The maximum Gasteiger partial charge on any atom is 0.326 e. The summed E-state index contributed by atoms with van der Waals surface area (Å²) in [5, 5.41) is 21.4. The monoisotopic (exact) mass is 248 g/mol. The highest BCUT2D eigenvalue weighted by molar-refractivity contribution is 5.86. The molecule has 2 rings (SSSR count). The van der Waals surface area contributed by atoms with Gasteiger partial charge in [-0.2, -0.15) is 0 Å². The first-order valence-electron chi connectivity index (χ1n) is 5.33. The van der Waals surface area contributed by atoms with Crippen LogP contribution in [0.15, 0.2) is 24.4 Å². The maximum atomic E-state index is 10.9. The number of aromatic amines is 1. The number of phenolic OH excluding ortho intramolecular Hbond substituents is 1. The van der Waals surface area contributed by atoms with E-state index >= 15 is 0 Å². The SMILES string of the molecule is O=CN[C@@H](Cc1c[nH]c2ccc(O)cc12)C(=O)O. The minimum absolute atomic E-state index is 0.110. The topological polar surface area (TPSA) is 102 Å². The van der Waals surface area contributed by atoms with Crippen LogP contribution in [0.25, 0.3) is 10.9 Å². The number of benzene rings is 1. The van der Waals surface area contributed by atoms with E-state index in [4.69, 9.17) is 5.11 Å². The second kappa shape index (κ2) is 4.79. The van der Waals surface area contributed by atoms with E-state index in [1.54, 1.807) is 24.4 Å². The van der Waals surface area contributed by atoms with Gasteiger partial charge in [0, 0.05) is 23.5 Å².